The first kappa shape index (κ1) is 21.1. The minimum absolute atomic E-state index is 0.401. The van der Waals surface area contributed by atoms with Crippen LogP contribution in [0.5, 0.6) is 0 Å². The van der Waals surface area contributed by atoms with Crippen molar-refractivity contribution < 1.29 is 29.3 Å². The first-order chi connectivity index (χ1) is 12.5. The van der Waals surface area contributed by atoms with E-state index in [1.54, 1.807) is 0 Å². The molecule has 0 radical (unpaired) electrons. The molecule has 0 amide bonds. The third kappa shape index (κ3) is 6.50. The third-order valence-corrected chi connectivity index (χ3v) is 5.49. The van der Waals surface area contributed by atoms with Crippen LogP contribution in [0, 0.1) is 0 Å². The number of carboxylic acid groups (broad SMARTS) is 2. The molecule has 8 heteroatoms. The van der Waals surface area contributed by atoms with E-state index in [2.05, 4.69) is 10.6 Å². The molecule has 2 atom stereocenters. The molecule has 4 heterocycles. The molecular weight excluding hydrogens is 340 g/mol. The number of aliphatic carboxylic acids is 2. The molecule has 0 saturated carbocycles. The lowest BCUT2D eigenvalue weighted by Crippen LogP contribution is -2.46. The third-order valence-electron chi connectivity index (χ3n) is 5.49. The number of carbonyl (C=O) groups is 2. The average molecular weight is 372 g/mol. The summed E-state index contributed by atoms with van der Waals surface area (Å²) in [7, 11) is 0. The van der Waals surface area contributed by atoms with E-state index in [1.807, 2.05) is 0 Å². The Bertz CT molecular complexity index is 401. The van der Waals surface area contributed by atoms with Crippen molar-refractivity contribution in [3.8, 4) is 0 Å². The molecule has 0 aromatic carbocycles. The fourth-order valence-electron chi connectivity index (χ4n) is 4.12. The molecule has 4 N–H and O–H groups in total. The van der Waals surface area contributed by atoms with Crippen molar-refractivity contribution in [2.24, 2.45) is 0 Å². The fraction of sp³-hybridized carbons (Fsp3) is 0.889. The van der Waals surface area contributed by atoms with Crippen LogP contribution in [0.15, 0.2) is 0 Å². The second-order valence-electron chi connectivity index (χ2n) is 7.54. The highest BCUT2D eigenvalue weighted by atomic mass is 16.5. The molecule has 4 saturated heterocycles. The van der Waals surface area contributed by atoms with Crippen LogP contribution in [-0.2, 0) is 19.1 Å². The molecule has 4 fully saturated rings. The molecule has 26 heavy (non-hydrogen) atoms. The maximum atomic E-state index is 9.10. The van der Waals surface area contributed by atoms with Gasteiger partial charge in [-0.2, -0.15) is 0 Å². The Hall–Kier alpha value is -1.22. The normalized spacial score (nSPS) is 33.1. The topological polar surface area (TPSA) is 117 Å². The summed E-state index contributed by atoms with van der Waals surface area (Å²) in [6.45, 7) is 6.25. The van der Waals surface area contributed by atoms with Crippen LogP contribution >= 0.6 is 0 Å². The smallest absolute Gasteiger partial charge is 0.414 e. The first-order valence-electron chi connectivity index (χ1n) is 9.59. The van der Waals surface area contributed by atoms with E-state index >= 15 is 0 Å². The van der Waals surface area contributed by atoms with E-state index in [1.165, 1.54) is 64.5 Å². The largest absolute Gasteiger partial charge is 0.473 e. The van der Waals surface area contributed by atoms with Crippen molar-refractivity contribution in [1.29, 1.82) is 0 Å². The Morgan fingerprint density at radius 1 is 0.692 bits per heavy atom. The molecule has 0 aliphatic carbocycles. The standard InChI is InChI=1S/2C8H15NO.C2H2O4/c2*1-3-8(9-5-1)4-2-6-10-7-8;3-1(4)2(5)6/h2*9H,1-7H2;(H,3,4)(H,5,6). The highest BCUT2D eigenvalue weighted by Gasteiger charge is 2.35. The number of hydrogen-bond acceptors (Lipinski definition) is 6. The molecule has 0 aromatic rings. The Balaban J connectivity index is 0.000000146. The lowest BCUT2D eigenvalue weighted by atomic mass is 9.91. The molecule has 150 valence electrons. The van der Waals surface area contributed by atoms with Crippen molar-refractivity contribution in [2.75, 3.05) is 39.5 Å². The lowest BCUT2D eigenvalue weighted by Gasteiger charge is -2.33. The zero-order chi connectivity index (χ0) is 18.9. The van der Waals surface area contributed by atoms with Crippen LogP contribution in [-0.4, -0.2) is 72.7 Å². The maximum Gasteiger partial charge on any atom is 0.414 e. The Morgan fingerprint density at radius 3 is 1.31 bits per heavy atom. The van der Waals surface area contributed by atoms with Gasteiger partial charge in [-0.25, -0.2) is 9.59 Å². The van der Waals surface area contributed by atoms with E-state index in [0.717, 1.165) is 26.4 Å². The quantitative estimate of drug-likeness (QED) is 0.465. The van der Waals surface area contributed by atoms with Gasteiger partial charge in [-0.3, -0.25) is 0 Å². The minimum Gasteiger partial charge on any atom is -0.473 e. The molecule has 0 aromatic heterocycles. The zero-order valence-electron chi connectivity index (χ0n) is 15.4. The minimum atomic E-state index is -1.82. The van der Waals surface area contributed by atoms with Crippen LogP contribution in [0.3, 0.4) is 0 Å². The van der Waals surface area contributed by atoms with Gasteiger partial charge >= 0.3 is 11.9 Å². The molecular formula is C18H32N2O6. The number of ether oxygens (including phenoxy) is 2. The van der Waals surface area contributed by atoms with Crippen molar-refractivity contribution in [2.45, 2.75) is 62.4 Å². The van der Waals surface area contributed by atoms with Gasteiger partial charge in [0, 0.05) is 24.3 Å². The number of rotatable bonds is 0. The summed E-state index contributed by atoms with van der Waals surface area (Å²) in [5, 5.41) is 21.9. The van der Waals surface area contributed by atoms with Gasteiger partial charge in [-0.15, -0.1) is 0 Å². The monoisotopic (exact) mass is 372 g/mol. The van der Waals surface area contributed by atoms with Crippen LogP contribution in [0.1, 0.15) is 51.4 Å². The predicted molar refractivity (Wildman–Crippen MR) is 95.3 cm³/mol. The summed E-state index contributed by atoms with van der Waals surface area (Å²) >= 11 is 0. The summed E-state index contributed by atoms with van der Waals surface area (Å²) in [5.41, 5.74) is 0.802. The first-order valence-corrected chi connectivity index (χ1v) is 9.59. The zero-order valence-corrected chi connectivity index (χ0v) is 15.4. The molecule has 8 nitrogen and oxygen atoms in total. The molecule has 2 unspecified atom stereocenters. The summed E-state index contributed by atoms with van der Waals surface area (Å²) in [5.74, 6) is -3.65. The SMILES string of the molecule is C1CNC2(C1)CCCOC2.C1CNC2(C1)CCCOC2.O=C(O)C(=O)O. The van der Waals surface area contributed by atoms with Gasteiger partial charge in [-0.1, -0.05) is 0 Å². The molecule has 4 aliphatic rings. The lowest BCUT2D eigenvalue weighted by molar-refractivity contribution is -0.159. The van der Waals surface area contributed by atoms with Crippen LogP contribution in [0.4, 0.5) is 0 Å². The van der Waals surface area contributed by atoms with Gasteiger partial charge in [0.2, 0.25) is 0 Å². The summed E-state index contributed by atoms with van der Waals surface area (Å²) in [6, 6.07) is 0. The van der Waals surface area contributed by atoms with Crippen LogP contribution in [0.25, 0.3) is 0 Å². The highest BCUT2D eigenvalue weighted by Crippen LogP contribution is 2.28. The van der Waals surface area contributed by atoms with Gasteiger partial charge in [0.05, 0.1) is 13.2 Å². The van der Waals surface area contributed by atoms with Gasteiger partial charge in [-0.05, 0) is 64.5 Å². The predicted octanol–water partition coefficient (Wildman–Crippen LogP) is 0.994. The molecule has 4 aliphatic heterocycles. The molecule has 0 bridgehead atoms. The van der Waals surface area contributed by atoms with E-state index < -0.39 is 11.9 Å². The number of nitrogens with one attached hydrogen (secondary N) is 2. The van der Waals surface area contributed by atoms with Crippen molar-refractivity contribution in [1.82, 2.24) is 10.6 Å². The second-order valence-corrected chi connectivity index (χ2v) is 7.54. The maximum absolute atomic E-state index is 9.10. The van der Waals surface area contributed by atoms with Gasteiger partial charge in [0.1, 0.15) is 0 Å². The summed E-state index contributed by atoms with van der Waals surface area (Å²) in [6.07, 6.45) is 10.5. The Labute approximate surface area is 154 Å². The van der Waals surface area contributed by atoms with Gasteiger partial charge in [0.25, 0.3) is 0 Å². The number of carboxylic acids is 2. The number of hydrogen-bond donors (Lipinski definition) is 4. The van der Waals surface area contributed by atoms with Gasteiger partial charge < -0.3 is 30.3 Å². The summed E-state index contributed by atoms with van der Waals surface area (Å²) in [4.78, 5) is 18.2. The van der Waals surface area contributed by atoms with Crippen LogP contribution < -0.4 is 10.6 Å². The Morgan fingerprint density at radius 2 is 1.08 bits per heavy atom. The Kier molecular flexibility index (Phi) is 8.27. The van der Waals surface area contributed by atoms with Crippen molar-refractivity contribution in [3.63, 3.8) is 0 Å². The van der Waals surface area contributed by atoms with E-state index in [4.69, 9.17) is 29.3 Å². The van der Waals surface area contributed by atoms with E-state index in [9.17, 15) is 0 Å². The molecule has 4 rings (SSSR count). The fourth-order valence-corrected chi connectivity index (χ4v) is 4.12. The average Bonchev–Trinajstić information content (AvgIpc) is 3.28. The van der Waals surface area contributed by atoms with Crippen molar-refractivity contribution in [3.05, 3.63) is 0 Å². The van der Waals surface area contributed by atoms with Crippen molar-refractivity contribution >= 4 is 11.9 Å². The highest BCUT2D eigenvalue weighted by molar-refractivity contribution is 6.27. The molecule has 2 spiro atoms. The van der Waals surface area contributed by atoms with E-state index in [-0.39, 0.29) is 0 Å². The van der Waals surface area contributed by atoms with Gasteiger partial charge in [0.15, 0.2) is 0 Å². The van der Waals surface area contributed by atoms with Crippen LogP contribution in [0.2, 0.25) is 0 Å². The summed E-state index contributed by atoms with van der Waals surface area (Å²) < 4.78 is 10.9. The second kappa shape index (κ2) is 10.2. The van der Waals surface area contributed by atoms with E-state index in [0.29, 0.717) is 11.1 Å².